The van der Waals surface area contributed by atoms with Gasteiger partial charge in [0, 0.05) is 6.04 Å². The van der Waals surface area contributed by atoms with Crippen LogP contribution >= 0.6 is 23.2 Å². The summed E-state index contributed by atoms with van der Waals surface area (Å²) in [5.41, 5.74) is 0.868. The first-order chi connectivity index (χ1) is 8.40. The summed E-state index contributed by atoms with van der Waals surface area (Å²) >= 11 is 12.4. The highest BCUT2D eigenvalue weighted by atomic mass is 35.5. The number of anilines is 1. The van der Waals surface area contributed by atoms with Gasteiger partial charge in [0.05, 0.1) is 15.7 Å². The SMILES string of the molecule is CC(C)CC(CC(C)C)Nc1c(Cl)cccc1Cl. The minimum Gasteiger partial charge on any atom is -0.380 e. The number of rotatable bonds is 6. The molecule has 0 saturated heterocycles. The zero-order valence-corrected chi connectivity index (χ0v) is 13.1. The van der Waals surface area contributed by atoms with Crippen molar-refractivity contribution in [2.45, 2.75) is 46.6 Å². The Bertz CT molecular complexity index is 345. The number of halogens is 2. The fourth-order valence-electron chi connectivity index (χ4n) is 2.19. The minimum atomic E-state index is 0.419. The van der Waals surface area contributed by atoms with Crippen molar-refractivity contribution in [3.8, 4) is 0 Å². The lowest BCUT2D eigenvalue weighted by Gasteiger charge is -2.24. The first-order valence-corrected chi connectivity index (χ1v) is 7.36. The summed E-state index contributed by atoms with van der Waals surface area (Å²) < 4.78 is 0. The molecule has 1 nitrogen and oxygen atoms in total. The molecule has 102 valence electrons. The highest BCUT2D eigenvalue weighted by Crippen LogP contribution is 2.32. The Balaban J connectivity index is 2.81. The van der Waals surface area contributed by atoms with Crippen LogP contribution in [0.3, 0.4) is 0 Å². The monoisotopic (exact) mass is 287 g/mol. The van der Waals surface area contributed by atoms with E-state index in [-0.39, 0.29) is 0 Å². The maximum absolute atomic E-state index is 6.20. The molecule has 0 heterocycles. The third kappa shape index (κ3) is 5.07. The van der Waals surface area contributed by atoms with Crippen molar-refractivity contribution in [1.82, 2.24) is 0 Å². The van der Waals surface area contributed by atoms with Gasteiger partial charge in [-0.2, -0.15) is 0 Å². The van der Waals surface area contributed by atoms with E-state index >= 15 is 0 Å². The van der Waals surface area contributed by atoms with Gasteiger partial charge in [-0.25, -0.2) is 0 Å². The summed E-state index contributed by atoms with van der Waals surface area (Å²) in [7, 11) is 0. The van der Waals surface area contributed by atoms with Crippen LogP contribution in [0.15, 0.2) is 18.2 Å². The quantitative estimate of drug-likeness (QED) is 0.690. The molecule has 0 atom stereocenters. The average Bonchev–Trinajstić information content (AvgIpc) is 2.21. The third-order valence-corrected chi connectivity index (χ3v) is 3.45. The van der Waals surface area contributed by atoms with Crippen LogP contribution < -0.4 is 5.32 Å². The topological polar surface area (TPSA) is 12.0 Å². The second-order valence-electron chi connectivity index (χ2n) is 5.70. The molecule has 0 amide bonds. The number of hydrogen-bond donors (Lipinski definition) is 1. The van der Waals surface area contributed by atoms with Crippen LogP contribution in [0.2, 0.25) is 10.0 Å². The van der Waals surface area contributed by atoms with Gasteiger partial charge in [0.15, 0.2) is 0 Å². The molecule has 0 fully saturated rings. The summed E-state index contributed by atoms with van der Waals surface area (Å²) in [6.45, 7) is 8.96. The second kappa shape index (κ2) is 7.25. The van der Waals surface area contributed by atoms with Gasteiger partial charge in [-0.3, -0.25) is 0 Å². The van der Waals surface area contributed by atoms with Crippen LogP contribution in [-0.4, -0.2) is 6.04 Å². The largest absolute Gasteiger partial charge is 0.380 e. The molecule has 0 radical (unpaired) electrons. The summed E-state index contributed by atoms with van der Waals surface area (Å²) in [6, 6.07) is 6.03. The van der Waals surface area contributed by atoms with Gasteiger partial charge >= 0.3 is 0 Å². The molecule has 0 aliphatic heterocycles. The van der Waals surface area contributed by atoms with Crippen molar-refractivity contribution in [1.29, 1.82) is 0 Å². The minimum absolute atomic E-state index is 0.419. The fraction of sp³-hybridized carbons (Fsp3) is 0.600. The van der Waals surface area contributed by atoms with Crippen molar-refractivity contribution in [3.05, 3.63) is 28.2 Å². The molecule has 0 aliphatic rings. The van der Waals surface area contributed by atoms with E-state index in [0.29, 0.717) is 27.9 Å². The summed E-state index contributed by atoms with van der Waals surface area (Å²) in [4.78, 5) is 0. The normalized spacial score (nSPS) is 11.6. The molecule has 0 aromatic heterocycles. The Kier molecular flexibility index (Phi) is 6.31. The standard InChI is InChI=1S/C15H23Cl2N/c1-10(2)8-12(9-11(3)4)18-15-13(16)6-5-7-14(15)17/h5-7,10-12,18H,8-9H2,1-4H3. The van der Waals surface area contributed by atoms with E-state index in [9.17, 15) is 0 Å². The van der Waals surface area contributed by atoms with Crippen LogP contribution in [0.25, 0.3) is 0 Å². The first kappa shape index (κ1) is 15.7. The molecular formula is C15H23Cl2N. The van der Waals surface area contributed by atoms with Crippen molar-refractivity contribution < 1.29 is 0 Å². The van der Waals surface area contributed by atoms with Gasteiger partial charge in [-0.05, 0) is 36.8 Å². The average molecular weight is 288 g/mol. The lowest BCUT2D eigenvalue weighted by molar-refractivity contribution is 0.442. The molecule has 0 spiro atoms. The van der Waals surface area contributed by atoms with Crippen LogP contribution in [0.4, 0.5) is 5.69 Å². The highest BCUT2D eigenvalue weighted by Gasteiger charge is 2.15. The van der Waals surface area contributed by atoms with Gasteiger partial charge in [0.25, 0.3) is 0 Å². The van der Waals surface area contributed by atoms with Crippen LogP contribution in [0.5, 0.6) is 0 Å². The molecule has 1 aromatic carbocycles. The molecular weight excluding hydrogens is 265 g/mol. The van der Waals surface area contributed by atoms with E-state index < -0.39 is 0 Å². The van der Waals surface area contributed by atoms with Crippen molar-refractivity contribution in [2.75, 3.05) is 5.32 Å². The molecule has 1 N–H and O–H groups in total. The molecule has 0 saturated carbocycles. The predicted molar refractivity (Wildman–Crippen MR) is 82.8 cm³/mol. The maximum atomic E-state index is 6.20. The van der Waals surface area contributed by atoms with Gasteiger partial charge in [0.2, 0.25) is 0 Å². The van der Waals surface area contributed by atoms with E-state index in [1.54, 1.807) is 0 Å². The lowest BCUT2D eigenvalue weighted by Crippen LogP contribution is -2.24. The molecule has 1 aromatic rings. The summed E-state index contributed by atoms with van der Waals surface area (Å²) in [5, 5.41) is 4.90. The third-order valence-electron chi connectivity index (χ3n) is 2.82. The van der Waals surface area contributed by atoms with Gasteiger partial charge < -0.3 is 5.32 Å². The van der Waals surface area contributed by atoms with Gasteiger partial charge in [0.1, 0.15) is 0 Å². The van der Waals surface area contributed by atoms with E-state index in [1.165, 1.54) is 0 Å². The Hall–Kier alpha value is -0.400. The molecule has 0 bridgehead atoms. The van der Waals surface area contributed by atoms with Crippen LogP contribution in [0, 0.1) is 11.8 Å². The number of hydrogen-bond acceptors (Lipinski definition) is 1. The predicted octanol–water partition coefficient (Wildman–Crippen LogP) is 5.87. The maximum Gasteiger partial charge on any atom is 0.0721 e. The first-order valence-electron chi connectivity index (χ1n) is 6.60. The van der Waals surface area contributed by atoms with E-state index in [4.69, 9.17) is 23.2 Å². The van der Waals surface area contributed by atoms with E-state index in [0.717, 1.165) is 18.5 Å². The van der Waals surface area contributed by atoms with E-state index in [1.807, 2.05) is 18.2 Å². The zero-order valence-electron chi connectivity index (χ0n) is 11.6. The Morgan fingerprint density at radius 3 is 1.78 bits per heavy atom. The van der Waals surface area contributed by atoms with Crippen LogP contribution in [-0.2, 0) is 0 Å². The highest BCUT2D eigenvalue weighted by molar-refractivity contribution is 6.39. The zero-order chi connectivity index (χ0) is 13.7. The second-order valence-corrected chi connectivity index (χ2v) is 6.51. The molecule has 18 heavy (non-hydrogen) atoms. The smallest absolute Gasteiger partial charge is 0.0721 e. The fourth-order valence-corrected chi connectivity index (χ4v) is 2.70. The Labute approximate surface area is 121 Å². The molecule has 0 unspecified atom stereocenters. The molecule has 0 aliphatic carbocycles. The number of benzene rings is 1. The number of para-hydroxylation sites is 1. The lowest BCUT2D eigenvalue weighted by atomic mass is 9.95. The van der Waals surface area contributed by atoms with Gasteiger partial charge in [-0.1, -0.05) is 57.0 Å². The van der Waals surface area contributed by atoms with Gasteiger partial charge in [-0.15, -0.1) is 0 Å². The Morgan fingerprint density at radius 2 is 1.39 bits per heavy atom. The van der Waals surface area contributed by atoms with E-state index in [2.05, 4.69) is 33.0 Å². The summed E-state index contributed by atoms with van der Waals surface area (Å²) in [6.07, 6.45) is 2.25. The summed E-state index contributed by atoms with van der Waals surface area (Å²) in [5.74, 6) is 1.31. The molecule has 1 rings (SSSR count). The van der Waals surface area contributed by atoms with Crippen molar-refractivity contribution in [2.24, 2.45) is 11.8 Å². The molecule has 3 heteroatoms. The van der Waals surface area contributed by atoms with Crippen molar-refractivity contribution >= 4 is 28.9 Å². The van der Waals surface area contributed by atoms with Crippen LogP contribution in [0.1, 0.15) is 40.5 Å². The Morgan fingerprint density at radius 1 is 0.944 bits per heavy atom. The van der Waals surface area contributed by atoms with Crippen molar-refractivity contribution in [3.63, 3.8) is 0 Å². The number of nitrogens with one attached hydrogen (secondary N) is 1.